The van der Waals surface area contributed by atoms with Gasteiger partial charge in [0.1, 0.15) is 5.54 Å². The van der Waals surface area contributed by atoms with E-state index in [9.17, 15) is 9.59 Å². The number of unbranched alkanes of at least 4 members (excludes halogenated alkanes) is 2. The molecular formula is C15H23NO4. The molecule has 0 aromatic heterocycles. The summed E-state index contributed by atoms with van der Waals surface area (Å²) in [5.74, 6) is 1.86. The van der Waals surface area contributed by atoms with E-state index in [0.29, 0.717) is 19.4 Å². The normalized spacial score (nSPS) is 16.2. The Kier molecular flexibility index (Phi) is 6.92. The van der Waals surface area contributed by atoms with Gasteiger partial charge in [0.15, 0.2) is 6.61 Å². The molecule has 1 N–H and O–H groups in total. The Labute approximate surface area is 120 Å². The summed E-state index contributed by atoms with van der Waals surface area (Å²) >= 11 is 0. The van der Waals surface area contributed by atoms with Gasteiger partial charge in [-0.1, -0.05) is 38.5 Å². The molecule has 1 amide bonds. The van der Waals surface area contributed by atoms with Gasteiger partial charge in [0.25, 0.3) is 0 Å². The zero-order chi connectivity index (χ0) is 14.8. The van der Waals surface area contributed by atoms with E-state index in [1.807, 2.05) is 0 Å². The number of nitrogens with one attached hydrogen (secondary N) is 1. The highest BCUT2D eigenvalue weighted by Gasteiger charge is 2.44. The monoisotopic (exact) mass is 281 g/mol. The number of alkyl carbamates (subject to hydrolysis) is 1. The van der Waals surface area contributed by atoms with Gasteiger partial charge in [0, 0.05) is 0 Å². The predicted molar refractivity (Wildman–Crippen MR) is 75.0 cm³/mol. The van der Waals surface area contributed by atoms with E-state index < -0.39 is 11.6 Å². The van der Waals surface area contributed by atoms with Crippen molar-refractivity contribution in [3.8, 4) is 12.3 Å². The molecule has 0 heterocycles. The van der Waals surface area contributed by atoms with Crippen molar-refractivity contribution in [3.63, 3.8) is 0 Å². The van der Waals surface area contributed by atoms with E-state index in [0.717, 1.165) is 32.1 Å². The molecule has 0 unspecified atom stereocenters. The van der Waals surface area contributed by atoms with Crippen LogP contribution < -0.4 is 5.32 Å². The fourth-order valence-electron chi connectivity index (χ4n) is 2.35. The Morgan fingerprint density at radius 2 is 1.95 bits per heavy atom. The number of terminal acetylenes is 1. The largest absolute Gasteiger partial charge is 0.464 e. The SMILES string of the molecule is C#CCOC(=O)NC1(C(=O)OCCCCC)CCCC1. The van der Waals surface area contributed by atoms with Gasteiger partial charge >= 0.3 is 12.1 Å². The molecule has 0 atom stereocenters. The molecule has 5 heteroatoms. The standard InChI is InChI=1S/C15H23NO4/c1-3-5-8-12-19-13(17)15(9-6-7-10-15)16-14(18)20-11-4-2/h2H,3,5-12H2,1H3,(H,16,18). The summed E-state index contributed by atoms with van der Waals surface area (Å²) in [5.41, 5.74) is -0.933. The van der Waals surface area contributed by atoms with Gasteiger partial charge in [-0.3, -0.25) is 0 Å². The Hall–Kier alpha value is -1.70. The summed E-state index contributed by atoms with van der Waals surface area (Å²) in [6, 6.07) is 0. The third-order valence-corrected chi connectivity index (χ3v) is 3.46. The first-order valence-electron chi connectivity index (χ1n) is 7.20. The number of ether oxygens (including phenoxy) is 2. The maximum absolute atomic E-state index is 12.2. The average Bonchev–Trinajstić information content (AvgIpc) is 2.91. The molecule has 1 aliphatic rings. The van der Waals surface area contributed by atoms with Crippen LogP contribution in [0.4, 0.5) is 4.79 Å². The molecule has 0 spiro atoms. The number of carbonyl (C=O) groups excluding carboxylic acids is 2. The molecule has 112 valence electrons. The van der Waals surface area contributed by atoms with Gasteiger partial charge in [0.05, 0.1) is 6.61 Å². The smallest absolute Gasteiger partial charge is 0.409 e. The van der Waals surface area contributed by atoms with E-state index in [4.69, 9.17) is 15.9 Å². The number of esters is 1. The quantitative estimate of drug-likeness (QED) is 0.442. The summed E-state index contributed by atoms with van der Waals surface area (Å²) in [4.78, 5) is 23.8. The summed E-state index contributed by atoms with van der Waals surface area (Å²) < 4.78 is 10.1. The zero-order valence-corrected chi connectivity index (χ0v) is 12.1. The minimum Gasteiger partial charge on any atom is -0.464 e. The summed E-state index contributed by atoms with van der Waals surface area (Å²) in [6.07, 6.45) is 10.3. The van der Waals surface area contributed by atoms with Crippen molar-refractivity contribution < 1.29 is 19.1 Å². The van der Waals surface area contributed by atoms with Crippen LogP contribution in [-0.4, -0.2) is 30.8 Å². The Morgan fingerprint density at radius 1 is 1.25 bits per heavy atom. The lowest BCUT2D eigenvalue weighted by atomic mass is 9.98. The maximum atomic E-state index is 12.2. The molecule has 1 rings (SSSR count). The molecule has 0 bridgehead atoms. The van der Waals surface area contributed by atoms with E-state index in [-0.39, 0.29) is 12.6 Å². The van der Waals surface area contributed by atoms with Gasteiger partial charge < -0.3 is 14.8 Å². The summed E-state index contributed by atoms with van der Waals surface area (Å²) in [6.45, 7) is 2.38. The molecular weight excluding hydrogens is 258 g/mol. The molecule has 1 saturated carbocycles. The third-order valence-electron chi connectivity index (χ3n) is 3.46. The lowest BCUT2D eigenvalue weighted by molar-refractivity contribution is -0.151. The molecule has 0 aliphatic heterocycles. The predicted octanol–water partition coefficient (Wildman–Crippen LogP) is 2.39. The Morgan fingerprint density at radius 3 is 2.55 bits per heavy atom. The van der Waals surface area contributed by atoms with E-state index in [2.05, 4.69) is 18.2 Å². The van der Waals surface area contributed by atoms with Crippen molar-refractivity contribution in [1.29, 1.82) is 0 Å². The molecule has 20 heavy (non-hydrogen) atoms. The minimum absolute atomic E-state index is 0.104. The molecule has 0 radical (unpaired) electrons. The van der Waals surface area contributed by atoms with Crippen LogP contribution in [0, 0.1) is 12.3 Å². The van der Waals surface area contributed by atoms with Crippen LogP contribution in [0.2, 0.25) is 0 Å². The van der Waals surface area contributed by atoms with Crippen molar-refractivity contribution in [3.05, 3.63) is 0 Å². The van der Waals surface area contributed by atoms with Gasteiger partial charge in [-0.2, -0.15) is 0 Å². The van der Waals surface area contributed by atoms with Crippen LogP contribution in [0.3, 0.4) is 0 Å². The van der Waals surface area contributed by atoms with Crippen LogP contribution in [0.5, 0.6) is 0 Å². The highest BCUT2D eigenvalue weighted by atomic mass is 16.6. The van der Waals surface area contributed by atoms with Crippen molar-refractivity contribution >= 4 is 12.1 Å². The third kappa shape index (κ3) is 4.76. The van der Waals surface area contributed by atoms with Crippen LogP contribution >= 0.6 is 0 Å². The Balaban J connectivity index is 2.51. The van der Waals surface area contributed by atoms with Crippen molar-refractivity contribution in [1.82, 2.24) is 5.32 Å². The lowest BCUT2D eigenvalue weighted by Crippen LogP contribution is -2.53. The number of carbonyl (C=O) groups is 2. The second-order valence-corrected chi connectivity index (χ2v) is 5.04. The van der Waals surface area contributed by atoms with Crippen LogP contribution in [0.25, 0.3) is 0 Å². The topological polar surface area (TPSA) is 64.6 Å². The maximum Gasteiger partial charge on any atom is 0.409 e. The molecule has 5 nitrogen and oxygen atoms in total. The average molecular weight is 281 g/mol. The van der Waals surface area contributed by atoms with Crippen LogP contribution in [-0.2, 0) is 14.3 Å². The Bertz CT molecular complexity index is 367. The fraction of sp³-hybridized carbons (Fsp3) is 0.733. The van der Waals surface area contributed by atoms with Crippen molar-refractivity contribution in [2.45, 2.75) is 57.4 Å². The van der Waals surface area contributed by atoms with Crippen LogP contribution in [0.1, 0.15) is 51.9 Å². The fourth-order valence-corrected chi connectivity index (χ4v) is 2.35. The van der Waals surface area contributed by atoms with E-state index in [1.54, 1.807) is 0 Å². The first kappa shape index (κ1) is 16.4. The van der Waals surface area contributed by atoms with Crippen LogP contribution in [0.15, 0.2) is 0 Å². The second-order valence-electron chi connectivity index (χ2n) is 5.04. The summed E-state index contributed by atoms with van der Waals surface area (Å²) in [7, 11) is 0. The molecule has 1 fully saturated rings. The zero-order valence-electron chi connectivity index (χ0n) is 12.1. The molecule has 0 aromatic rings. The van der Waals surface area contributed by atoms with Gasteiger partial charge in [-0.15, -0.1) is 6.42 Å². The number of amides is 1. The summed E-state index contributed by atoms with van der Waals surface area (Å²) in [5, 5.41) is 2.64. The first-order chi connectivity index (χ1) is 9.64. The minimum atomic E-state index is -0.933. The van der Waals surface area contributed by atoms with E-state index in [1.165, 1.54) is 0 Å². The molecule has 0 aromatic carbocycles. The van der Waals surface area contributed by atoms with Gasteiger partial charge in [-0.25, -0.2) is 9.59 Å². The highest BCUT2D eigenvalue weighted by Crippen LogP contribution is 2.31. The van der Waals surface area contributed by atoms with Crippen molar-refractivity contribution in [2.24, 2.45) is 0 Å². The van der Waals surface area contributed by atoms with Crippen molar-refractivity contribution in [2.75, 3.05) is 13.2 Å². The number of rotatable bonds is 7. The van der Waals surface area contributed by atoms with E-state index >= 15 is 0 Å². The van der Waals surface area contributed by atoms with Gasteiger partial charge in [0.2, 0.25) is 0 Å². The molecule has 1 aliphatic carbocycles. The number of hydrogen-bond donors (Lipinski definition) is 1. The number of hydrogen-bond acceptors (Lipinski definition) is 4. The lowest BCUT2D eigenvalue weighted by Gasteiger charge is -2.27. The molecule has 0 saturated heterocycles. The highest BCUT2D eigenvalue weighted by molar-refractivity contribution is 5.86. The van der Waals surface area contributed by atoms with Gasteiger partial charge in [-0.05, 0) is 19.3 Å². The first-order valence-corrected chi connectivity index (χ1v) is 7.20. The second kappa shape index (κ2) is 8.47.